The molecular weight excluding hydrogens is 300 g/mol. The van der Waals surface area contributed by atoms with Crippen molar-refractivity contribution in [2.24, 2.45) is 0 Å². The molecule has 2 aromatic rings. The zero-order valence-corrected chi connectivity index (χ0v) is 14.2. The van der Waals surface area contributed by atoms with Crippen molar-refractivity contribution in [1.82, 2.24) is 0 Å². The molecule has 0 saturated heterocycles. The van der Waals surface area contributed by atoms with Crippen molar-refractivity contribution in [3.63, 3.8) is 0 Å². The number of fused-ring (bicyclic) bond motifs is 2. The minimum Gasteiger partial charge on any atom is -1.00 e. The predicted octanol–water partition coefficient (Wildman–Crippen LogP) is -0.174. The highest BCUT2D eigenvalue weighted by atomic mass is 35.5. The van der Waals surface area contributed by atoms with E-state index in [4.69, 9.17) is 0 Å². The summed E-state index contributed by atoms with van der Waals surface area (Å²) in [6.07, 6.45) is 0. The van der Waals surface area contributed by atoms with E-state index in [9.17, 15) is 0 Å². The van der Waals surface area contributed by atoms with Crippen LogP contribution in [0.25, 0.3) is 0 Å². The van der Waals surface area contributed by atoms with Gasteiger partial charge < -0.3 is 22.2 Å². The van der Waals surface area contributed by atoms with Crippen LogP contribution in [0.1, 0.15) is 6.92 Å². The highest BCUT2D eigenvalue weighted by Gasteiger charge is 2.25. The first-order valence-corrected chi connectivity index (χ1v) is 7.92. The molecule has 0 amide bonds. The van der Waals surface area contributed by atoms with Gasteiger partial charge in [-0.1, -0.05) is 36.0 Å². The van der Waals surface area contributed by atoms with Gasteiger partial charge in [0.15, 0.2) is 0 Å². The van der Waals surface area contributed by atoms with Gasteiger partial charge in [-0.05, 0) is 31.2 Å². The third kappa shape index (κ3) is 3.20. The summed E-state index contributed by atoms with van der Waals surface area (Å²) in [6, 6.07) is 18.0. The van der Waals surface area contributed by atoms with Gasteiger partial charge in [-0.2, -0.15) is 0 Å². The topological polar surface area (TPSA) is 7.68 Å². The van der Waals surface area contributed by atoms with Crippen LogP contribution in [-0.4, -0.2) is 26.7 Å². The fourth-order valence-corrected chi connectivity index (χ4v) is 3.53. The summed E-state index contributed by atoms with van der Waals surface area (Å²) < 4.78 is 0. The Labute approximate surface area is 137 Å². The van der Waals surface area contributed by atoms with E-state index in [1.54, 1.807) is 0 Å². The fraction of sp³-hybridized carbons (Fsp3) is 0.294. The third-order valence-electron chi connectivity index (χ3n) is 3.97. The molecule has 0 aliphatic carbocycles. The Kier molecular flexibility index (Phi) is 5.20. The standard InChI is InChI=1S/C17H20N2S.ClH/c1-13(18(2)3)12-19-14-8-4-6-10-16(14)20-17-11-7-5-9-15(17)19;/h4-11,13H,12H2,1-3H3;1H/t13-;/m0./s1. The molecule has 4 heteroatoms. The van der Waals surface area contributed by atoms with Crippen molar-refractivity contribution in [2.45, 2.75) is 22.8 Å². The summed E-state index contributed by atoms with van der Waals surface area (Å²) in [5, 5.41) is 0. The van der Waals surface area contributed by atoms with E-state index < -0.39 is 0 Å². The second-order valence-corrected chi connectivity index (χ2v) is 6.71. The van der Waals surface area contributed by atoms with Crippen molar-refractivity contribution in [3.8, 4) is 0 Å². The minimum absolute atomic E-state index is 0. The summed E-state index contributed by atoms with van der Waals surface area (Å²) in [7, 11) is 4.45. The second kappa shape index (κ2) is 6.73. The minimum atomic E-state index is 0. The molecule has 21 heavy (non-hydrogen) atoms. The van der Waals surface area contributed by atoms with Gasteiger partial charge in [0.25, 0.3) is 0 Å². The first-order valence-electron chi connectivity index (χ1n) is 7.10. The first kappa shape index (κ1) is 16.2. The van der Waals surface area contributed by atoms with Crippen LogP contribution < -0.4 is 22.2 Å². The van der Waals surface area contributed by atoms with Gasteiger partial charge in [0.2, 0.25) is 0 Å². The lowest BCUT2D eigenvalue weighted by Gasteiger charge is -2.34. The average Bonchev–Trinajstić information content (AvgIpc) is 2.46. The first-order chi connectivity index (χ1) is 9.66. The van der Waals surface area contributed by atoms with Crippen molar-refractivity contribution in [1.29, 1.82) is 0 Å². The number of para-hydroxylation sites is 2. The SMILES string of the molecule is C[C@@H](CN1c2ccccc2Sc2ccccc21)[NH+](C)C.[Cl-]. The number of halogens is 1. The zero-order chi connectivity index (χ0) is 14.1. The Balaban J connectivity index is 0.00000161. The van der Waals surface area contributed by atoms with E-state index in [1.165, 1.54) is 26.1 Å². The molecule has 1 heterocycles. The molecule has 2 nitrogen and oxygen atoms in total. The molecule has 0 saturated carbocycles. The Hall–Kier alpha value is -1.16. The van der Waals surface area contributed by atoms with Gasteiger partial charge in [-0.15, -0.1) is 0 Å². The van der Waals surface area contributed by atoms with Crippen LogP contribution in [0.3, 0.4) is 0 Å². The molecular formula is C17H21ClN2S. The van der Waals surface area contributed by atoms with Crippen LogP contribution in [-0.2, 0) is 0 Å². The predicted molar refractivity (Wildman–Crippen MR) is 86.3 cm³/mol. The van der Waals surface area contributed by atoms with Crippen LogP contribution in [0.15, 0.2) is 58.3 Å². The molecule has 0 radical (unpaired) electrons. The van der Waals surface area contributed by atoms with E-state index in [0.717, 1.165) is 6.54 Å². The van der Waals surface area contributed by atoms with Gasteiger partial charge in [-0.3, -0.25) is 0 Å². The normalized spacial score (nSPS) is 14.2. The number of hydrogen-bond donors (Lipinski definition) is 1. The summed E-state index contributed by atoms with van der Waals surface area (Å²) >= 11 is 1.87. The molecule has 1 N–H and O–H groups in total. The van der Waals surface area contributed by atoms with Gasteiger partial charge in [0.1, 0.15) is 6.04 Å². The van der Waals surface area contributed by atoms with Gasteiger partial charge in [-0.25, -0.2) is 0 Å². The molecule has 0 fully saturated rings. The average molecular weight is 321 g/mol. The molecule has 0 aromatic heterocycles. The molecule has 0 unspecified atom stereocenters. The number of nitrogens with one attached hydrogen (secondary N) is 1. The number of likely N-dealkylation sites (N-methyl/N-ethyl adjacent to an activating group) is 1. The van der Waals surface area contributed by atoms with Gasteiger partial charge in [0, 0.05) is 9.79 Å². The molecule has 1 aliphatic heterocycles. The number of benzene rings is 2. The van der Waals surface area contributed by atoms with E-state index in [1.807, 2.05) is 11.8 Å². The number of rotatable bonds is 3. The van der Waals surface area contributed by atoms with E-state index >= 15 is 0 Å². The van der Waals surface area contributed by atoms with Crippen LogP contribution in [0.2, 0.25) is 0 Å². The third-order valence-corrected chi connectivity index (χ3v) is 5.10. The maximum Gasteiger partial charge on any atom is 0.102 e. The summed E-state index contributed by atoms with van der Waals surface area (Å²) in [5.74, 6) is 0. The smallest absolute Gasteiger partial charge is 0.102 e. The fourth-order valence-electron chi connectivity index (χ4n) is 2.43. The van der Waals surface area contributed by atoms with Crippen molar-refractivity contribution in [2.75, 3.05) is 25.5 Å². The highest BCUT2D eigenvalue weighted by molar-refractivity contribution is 7.99. The van der Waals surface area contributed by atoms with Crippen molar-refractivity contribution in [3.05, 3.63) is 48.5 Å². The Morgan fingerprint density at radius 3 is 1.90 bits per heavy atom. The van der Waals surface area contributed by atoms with Crippen LogP contribution in [0.4, 0.5) is 11.4 Å². The number of anilines is 2. The van der Waals surface area contributed by atoms with Crippen LogP contribution >= 0.6 is 11.8 Å². The number of quaternary nitrogens is 1. The molecule has 1 aliphatic rings. The van der Waals surface area contributed by atoms with E-state index in [0.29, 0.717) is 6.04 Å². The number of nitrogens with zero attached hydrogens (tertiary/aromatic N) is 1. The van der Waals surface area contributed by atoms with E-state index in [2.05, 4.69) is 74.4 Å². The largest absolute Gasteiger partial charge is 1.00 e. The maximum atomic E-state index is 2.47. The summed E-state index contributed by atoms with van der Waals surface area (Å²) in [5.41, 5.74) is 2.67. The van der Waals surface area contributed by atoms with Crippen LogP contribution in [0, 0.1) is 0 Å². The Morgan fingerprint density at radius 1 is 0.952 bits per heavy atom. The summed E-state index contributed by atoms with van der Waals surface area (Å²) in [6.45, 7) is 3.35. The van der Waals surface area contributed by atoms with Crippen LogP contribution in [0.5, 0.6) is 0 Å². The lowest BCUT2D eigenvalue weighted by atomic mass is 10.2. The monoisotopic (exact) mass is 320 g/mol. The highest BCUT2D eigenvalue weighted by Crippen LogP contribution is 2.47. The molecule has 3 rings (SSSR count). The second-order valence-electron chi connectivity index (χ2n) is 5.63. The molecule has 0 bridgehead atoms. The van der Waals surface area contributed by atoms with Crippen molar-refractivity contribution >= 4 is 23.1 Å². The summed E-state index contributed by atoms with van der Waals surface area (Å²) in [4.78, 5) is 6.66. The van der Waals surface area contributed by atoms with Gasteiger partial charge >= 0.3 is 0 Å². The molecule has 1 atom stereocenters. The molecule has 0 spiro atoms. The quantitative estimate of drug-likeness (QED) is 0.839. The molecule has 112 valence electrons. The molecule has 2 aromatic carbocycles. The number of hydrogen-bond acceptors (Lipinski definition) is 2. The lowest BCUT2D eigenvalue weighted by Crippen LogP contribution is -3.10. The van der Waals surface area contributed by atoms with E-state index in [-0.39, 0.29) is 12.4 Å². The Bertz CT molecular complexity index is 570. The van der Waals surface area contributed by atoms with Gasteiger partial charge in [0.05, 0.1) is 32.0 Å². The van der Waals surface area contributed by atoms with Crippen molar-refractivity contribution < 1.29 is 17.3 Å². The zero-order valence-electron chi connectivity index (χ0n) is 12.6. The maximum absolute atomic E-state index is 2.47. The Morgan fingerprint density at radius 2 is 1.43 bits per heavy atom. The lowest BCUT2D eigenvalue weighted by molar-refractivity contribution is -0.881.